The lowest BCUT2D eigenvalue weighted by Crippen LogP contribution is -2.18. The Balaban J connectivity index is 2.64. The molecule has 1 aromatic carbocycles. The van der Waals surface area contributed by atoms with E-state index in [4.69, 9.17) is 17.0 Å². The highest BCUT2D eigenvalue weighted by atomic mass is 32.1. The lowest BCUT2D eigenvalue weighted by molar-refractivity contribution is -0.116. The van der Waals surface area contributed by atoms with Crippen LogP contribution in [0.25, 0.3) is 6.08 Å². The van der Waals surface area contributed by atoms with Gasteiger partial charge in [0.05, 0.1) is 0 Å². The maximum absolute atomic E-state index is 11.8. The lowest BCUT2D eigenvalue weighted by Gasteiger charge is -2.27. The summed E-state index contributed by atoms with van der Waals surface area (Å²) in [7, 11) is 0. The number of phenolic OH excluding ortho intramolecular Hbond substituents is 1. The van der Waals surface area contributed by atoms with Gasteiger partial charge in [0, 0.05) is 11.1 Å². The van der Waals surface area contributed by atoms with Crippen molar-refractivity contribution in [3.63, 3.8) is 0 Å². The number of hydrogen-bond acceptors (Lipinski definition) is 4. The molecule has 23 heavy (non-hydrogen) atoms. The number of amides is 1. The Hall–Kier alpha value is -1.88. The number of carbonyl (C=O) groups is 1. The van der Waals surface area contributed by atoms with Gasteiger partial charge in [-0.05, 0) is 46.8 Å². The highest BCUT2D eigenvalue weighted by molar-refractivity contribution is 7.80. The van der Waals surface area contributed by atoms with Crippen LogP contribution in [0.3, 0.4) is 0 Å². The van der Waals surface area contributed by atoms with Gasteiger partial charge in [0.2, 0.25) is 0 Å². The maximum atomic E-state index is 11.8. The molecule has 0 saturated carbocycles. The highest BCUT2D eigenvalue weighted by Crippen LogP contribution is 2.40. The molecule has 0 aliphatic carbocycles. The van der Waals surface area contributed by atoms with E-state index in [1.54, 1.807) is 6.08 Å². The summed E-state index contributed by atoms with van der Waals surface area (Å²) < 4.78 is 5.23. The zero-order valence-corrected chi connectivity index (χ0v) is 15.2. The monoisotopic (exact) mass is 333 g/mol. The van der Waals surface area contributed by atoms with Crippen LogP contribution in [-0.2, 0) is 20.4 Å². The SMILES string of the molecule is CC(C)(C)c1cc(/C=C2/OC(=S)NC2=O)cc(C(C)(C)C)c1O. The molecule has 0 aromatic heterocycles. The summed E-state index contributed by atoms with van der Waals surface area (Å²) in [5.74, 6) is 0.123. The summed E-state index contributed by atoms with van der Waals surface area (Å²) >= 11 is 4.85. The van der Waals surface area contributed by atoms with Gasteiger partial charge in [0.15, 0.2) is 5.76 Å². The zero-order chi connectivity index (χ0) is 17.6. The van der Waals surface area contributed by atoms with E-state index in [2.05, 4.69) is 5.32 Å². The fourth-order valence-electron chi connectivity index (χ4n) is 2.46. The van der Waals surface area contributed by atoms with Crippen molar-refractivity contribution < 1.29 is 14.6 Å². The van der Waals surface area contributed by atoms with Crippen molar-refractivity contribution in [2.45, 2.75) is 52.4 Å². The summed E-state index contributed by atoms with van der Waals surface area (Å²) in [6.07, 6.45) is 1.65. The van der Waals surface area contributed by atoms with Crippen molar-refractivity contribution in [2.24, 2.45) is 0 Å². The van der Waals surface area contributed by atoms with E-state index in [0.29, 0.717) is 5.75 Å². The standard InChI is InChI=1S/C18H23NO3S/c1-17(2,3)11-7-10(8-12(14(11)20)18(4,5)6)9-13-15(21)19-16(23)22-13/h7-9,20H,1-6H3,(H,19,21,23)/b13-9+. The van der Waals surface area contributed by atoms with Gasteiger partial charge in [-0.1, -0.05) is 41.5 Å². The lowest BCUT2D eigenvalue weighted by atomic mass is 9.78. The van der Waals surface area contributed by atoms with Gasteiger partial charge in [0.1, 0.15) is 5.75 Å². The Labute approximate surface area is 142 Å². The van der Waals surface area contributed by atoms with E-state index in [0.717, 1.165) is 16.7 Å². The van der Waals surface area contributed by atoms with Crippen LogP contribution in [0.5, 0.6) is 5.75 Å². The second-order valence-corrected chi connectivity index (χ2v) is 8.19. The first kappa shape index (κ1) is 17.5. The molecule has 1 aliphatic rings. The molecule has 0 spiro atoms. The van der Waals surface area contributed by atoms with E-state index < -0.39 is 0 Å². The van der Waals surface area contributed by atoms with E-state index in [1.165, 1.54) is 0 Å². The topological polar surface area (TPSA) is 58.6 Å². The minimum absolute atomic E-state index is 0.0621. The van der Waals surface area contributed by atoms with Crippen molar-refractivity contribution in [3.8, 4) is 5.75 Å². The molecular weight excluding hydrogens is 310 g/mol. The first-order valence-electron chi connectivity index (χ1n) is 7.52. The molecule has 1 aromatic rings. The molecule has 1 aliphatic heterocycles. The normalized spacial score (nSPS) is 17.4. The van der Waals surface area contributed by atoms with Crippen LogP contribution in [0.15, 0.2) is 17.9 Å². The number of thiocarbonyl (C=S) groups is 1. The molecule has 0 radical (unpaired) electrons. The molecule has 1 saturated heterocycles. The number of aromatic hydroxyl groups is 1. The van der Waals surface area contributed by atoms with Crippen LogP contribution in [0.1, 0.15) is 58.2 Å². The third-order valence-electron chi connectivity index (χ3n) is 3.69. The molecule has 0 atom stereocenters. The average Bonchev–Trinajstić information content (AvgIpc) is 2.67. The van der Waals surface area contributed by atoms with Crippen molar-refractivity contribution in [3.05, 3.63) is 34.6 Å². The smallest absolute Gasteiger partial charge is 0.294 e. The zero-order valence-electron chi connectivity index (χ0n) is 14.4. The number of phenols is 1. The van der Waals surface area contributed by atoms with Crippen molar-refractivity contribution in [1.29, 1.82) is 0 Å². The maximum Gasteiger partial charge on any atom is 0.294 e. The molecule has 2 N–H and O–H groups in total. The molecule has 124 valence electrons. The first-order valence-corrected chi connectivity index (χ1v) is 7.93. The number of hydrogen-bond donors (Lipinski definition) is 2. The average molecular weight is 333 g/mol. The Kier molecular flexibility index (Phi) is 4.28. The van der Waals surface area contributed by atoms with E-state index in [9.17, 15) is 9.90 Å². The predicted octanol–water partition coefficient (Wildman–Crippen LogP) is 3.76. The summed E-state index contributed by atoms with van der Waals surface area (Å²) in [6.45, 7) is 12.2. The molecule has 5 heteroatoms. The van der Waals surface area contributed by atoms with Gasteiger partial charge in [0.25, 0.3) is 11.1 Å². The predicted molar refractivity (Wildman–Crippen MR) is 95.3 cm³/mol. The number of carbonyl (C=O) groups excluding carboxylic acids is 1. The Morgan fingerprint density at radius 1 is 1.09 bits per heavy atom. The summed E-state index contributed by atoms with van der Waals surface area (Å²) in [5, 5.41) is 13.2. The fraction of sp³-hybridized carbons (Fsp3) is 0.444. The molecule has 4 nitrogen and oxygen atoms in total. The summed E-state index contributed by atoms with van der Waals surface area (Å²) in [5.41, 5.74) is 2.00. The quantitative estimate of drug-likeness (QED) is 0.607. The van der Waals surface area contributed by atoms with Gasteiger partial charge in [-0.25, -0.2) is 0 Å². The largest absolute Gasteiger partial charge is 0.507 e. The molecule has 0 bridgehead atoms. The Morgan fingerprint density at radius 3 is 1.91 bits per heavy atom. The third-order valence-corrected chi connectivity index (χ3v) is 3.87. The van der Waals surface area contributed by atoms with E-state index >= 15 is 0 Å². The van der Waals surface area contributed by atoms with Gasteiger partial charge >= 0.3 is 0 Å². The fourth-order valence-corrected chi connectivity index (χ4v) is 2.64. The van der Waals surface area contributed by atoms with Gasteiger partial charge in [-0.15, -0.1) is 0 Å². The molecule has 1 heterocycles. The highest BCUT2D eigenvalue weighted by Gasteiger charge is 2.28. The van der Waals surface area contributed by atoms with Gasteiger partial charge in [-0.2, -0.15) is 0 Å². The van der Waals surface area contributed by atoms with E-state index in [-0.39, 0.29) is 27.7 Å². The second kappa shape index (κ2) is 5.64. The van der Waals surface area contributed by atoms with Gasteiger partial charge < -0.3 is 9.84 Å². The second-order valence-electron chi connectivity index (χ2n) is 7.82. The third kappa shape index (κ3) is 3.72. The van der Waals surface area contributed by atoms with Crippen LogP contribution in [0.4, 0.5) is 0 Å². The van der Waals surface area contributed by atoms with Crippen LogP contribution >= 0.6 is 12.2 Å². The number of ether oxygens (including phenoxy) is 1. The summed E-state index contributed by atoms with van der Waals surface area (Å²) in [4.78, 5) is 11.8. The number of rotatable bonds is 1. The van der Waals surface area contributed by atoms with Crippen molar-refractivity contribution >= 4 is 29.4 Å². The molecule has 1 amide bonds. The molecular formula is C18H23NO3S. The van der Waals surface area contributed by atoms with Crippen LogP contribution < -0.4 is 5.32 Å². The van der Waals surface area contributed by atoms with Crippen LogP contribution in [-0.4, -0.2) is 16.2 Å². The Bertz CT molecular complexity index is 671. The van der Waals surface area contributed by atoms with E-state index in [1.807, 2.05) is 53.7 Å². The summed E-state index contributed by atoms with van der Waals surface area (Å²) in [6, 6.07) is 3.77. The number of nitrogens with one attached hydrogen (secondary N) is 1. The van der Waals surface area contributed by atoms with Crippen molar-refractivity contribution in [2.75, 3.05) is 0 Å². The van der Waals surface area contributed by atoms with Crippen molar-refractivity contribution in [1.82, 2.24) is 5.32 Å². The minimum Gasteiger partial charge on any atom is -0.507 e. The van der Waals surface area contributed by atoms with Crippen LogP contribution in [0, 0.1) is 0 Å². The molecule has 0 unspecified atom stereocenters. The molecule has 1 fully saturated rings. The minimum atomic E-state index is -0.349. The Morgan fingerprint density at radius 2 is 1.57 bits per heavy atom. The molecule has 2 rings (SSSR count). The number of benzene rings is 1. The first-order chi connectivity index (χ1) is 10.4. The van der Waals surface area contributed by atoms with Gasteiger partial charge in [-0.3, -0.25) is 10.1 Å². The van der Waals surface area contributed by atoms with Crippen LogP contribution in [0.2, 0.25) is 0 Å².